The van der Waals surface area contributed by atoms with E-state index in [4.69, 9.17) is 0 Å². The molecule has 0 spiro atoms. The summed E-state index contributed by atoms with van der Waals surface area (Å²) in [5, 5.41) is 0.581. The maximum Gasteiger partial charge on any atom is 0.259 e. The number of hydrogen-bond acceptors (Lipinski definition) is 1. The maximum atomic E-state index is 13.9. The van der Waals surface area contributed by atoms with Gasteiger partial charge in [-0.25, -0.2) is 8.78 Å². The molecule has 1 unspecified atom stereocenters. The van der Waals surface area contributed by atoms with Crippen LogP contribution in [0.2, 0.25) is 0 Å². The zero-order valence-electron chi connectivity index (χ0n) is 12.7. The topological polar surface area (TPSA) is 37.3 Å². The number of benzene rings is 3. The fourth-order valence-corrected chi connectivity index (χ4v) is 4.28. The van der Waals surface area contributed by atoms with Gasteiger partial charge in [0.25, 0.3) is 7.37 Å². The van der Waals surface area contributed by atoms with Crippen molar-refractivity contribution >= 4 is 18.0 Å². The second kappa shape index (κ2) is 6.68. The third kappa shape index (κ3) is 3.30. The third-order valence-electron chi connectivity index (χ3n) is 3.82. The smallest absolute Gasteiger partial charge is 0.259 e. The van der Waals surface area contributed by atoms with Crippen LogP contribution < -0.4 is 10.6 Å². The first-order valence-corrected chi connectivity index (χ1v) is 9.05. The first-order chi connectivity index (χ1) is 11.5. The fourth-order valence-electron chi connectivity index (χ4n) is 2.60. The van der Waals surface area contributed by atoms with E-state index in [-0.39, 0.29) is 17.3 Å². The first-order valence-electron chi connectivity index (χ1n) is 7.39. The molecule has 0 bridgehead atoms. The third-order valence-corrected chi connectivity index (χ3v) is 5.91. The summed E-state index contributed by atoms with van der Waals surface area (Å²) in [5.41, 5.74) is 0.814. The van der Waals surface area contributed by atoms with Crippen LogP contribution in [-0.2, 0) is 11.0 Å². The molecule has 3 aromatic carbocycles. The Labute approximate surface area is 138 Å². The summed E-state index contributed by atoms with van der Waals surface area (Å²) >= 11 is 0. The molecule has 0 aromatic heterocycles. The summed E-state index contributed by atoms with van der Waals surface area (Å²) in [6.07, 6.45) is 0.111. The molecule has 0 aliphatic carbocycles. The largest absolute Gasteiger partial charge is 0.338 e. The van der Waals surface area contributed by atoms with Crippen molar-refractivity contribution < 1.29 is 18.2 Å². The van der Waals surface area contributed by atoms with E-state index in [1.54, 1.807) is 54.6 Å². The van der Waals surface area contributed by atoms with Gasteiger partial charge in [-0.05, 0) is 35.4 Å². The molecule has 3 aromatic rings. The summed E-state index contributed by atoms with van der Waals surface area (Å²) < 4.78 is 39.9. The van der Waals surface area contributed by atoms with Crippen LogP contribution in [0.3, 0.4) is 0 Å². The molecule has 0 fully saturated rings. The minimum absolute atomic E-state index is 0.111. The molecule has 0 aliphatic heterocycles. The SMILES string of the molecule is O=P(O)(c1ccccc1)c1ccccc1Cc1ccc(F)cc1F. The van der Waals surface area contributed by atoms with E-state index in [1.165, 1.54) is 12.1 Å². The van der Waals surface area contributed by atoms with Gasteiger partial charge in [-0.15, -0.1) is 0 Å². The summed E-state index contributed by atoms with van der Waals surface area (Å²) in [6.45, 7) is 0. The molecular weight excluding hydrogens is 329 g/mol. The van der Waals surface area contributed by atoms with Crippen molar-refractivity contribution in [1.29, 1.82) is 0 Å². The molecule has 2 nitrogen and oxygen atoms in total. The fraction of sp³-hybridized carbons (Fsp3) is 0.0526. The standard InChI is InChI=1S/C19H15F2O2P/c20-16-11-10-14(18(21)13-16)12-15-6-4-5-9-19(15)24(22,23)17-7-2-1-3-8-17/h1-11,13H,12H2,(H,22,23). The highest BCUT2D eigenvalue weighted by Gasteiger charge is 2.26. The van der Waals surface area contributed by atoms with Gasteiger partial charge in [0.05, 0.1) is 0 Å². The van der Waals surface area contributed by atoms with Gasteiger partial charge in [-0.3, -0.25) is 4.57 Å². The lowest BCUT2D eigenvalue weighted by Gasteiger charge is -2.16. The quantitative estimate of drug-likeness (QED) is 0.732. The minimum Gasteiger partial charge on any atom is -0.338 e. The van der Waals surface area contributed by atoms with E-state index >= 15 is 0 Å². The Hall–Kier alpha value is -2.29. The second-order valence-corrected chi connectivity index (χ2v) is 7.60. The highest BCUT2D eigenvalue weighted by atomic mass is 31.2. The zero-order valence-corrected chi connectivity index (χ0v) is 13.6. The highest BCUT2D eigenvalue weighted by molar-refractivity contribution is 7.73. The van der Waals surface area contributed by atoms with Crippen molar-refractivity contribution in [3.63, 3.8) is 0 Å². The molecule has 0 radical (unpaired) electrons. The van der Waals surface area contributed by atoms with Crippen molar-refractivity contribution in [2.24, 2.45) is 0 Å². The van der Waals surface area contributed by atoms with Crippen LogP contribution in [0.5, 0.6) is 0 Å². The van der Waals surface area contributed by atoms with E-state index < -0.39 is 19.0 Å². The normalized spacial score (nSPS) is 13.5. The molecule has 1 N–H and O–H groups in total. The van der Waals surface area contributed by atoms with Gasteiger partial charge >= 0.3 is 0 Å². The zero-order chi connectivity index (χ0) is 17.2. The number of halogens is 2. The Bertz CT molecular complexity index is 910. The van der Waals surface area contributed by atoms with Crippen LogP contribution in [-0.4, -0.2) is 4.89 Å². The average Bonchev–Trinajstić information content (AvgIpc) is 2.58. The summed E-state index contributed by atoms with van der Waals surface area (Å²) in [5.74, 6) is -1.32. The van der Waals surface area contributed by atoms with Gasteiger partial charge in [0.1, 0.15) is 11.6 Å². The van der Waals surface area contributed by atoms with E-state index in [9.17, 15) is 18.2 Å². The highest BCUT2D eigenvalue weighted by Crippen LogP contribution is 2.39. The Morgan fingerprint density at radius 3 is 2.21 bits per heavy atom. The molecular formula is C19H15F2O2P. The Kier molecular flexibility index (Phi) is 4.61. The van der Waals surface area contributed by atoms with Gasteiger partial charge in [-0.1, -0.05) is 42.5 Å². The van der Waals surface area contributed by atoms with Crippen LogP contribution in [0, 0.1) is 11.6 Å². The van der Waals surface area contributed by atoms with E-state index in [2.05, 4.69) is 0 Å². The van der Waals surface area contributed by atoms with Crippen LogP contribution in [0.15, 0.2) is 72.8 Å². The molecule has 24 heavy (non-hydrogen) atoms. The lowest BCUT2D eigenvalue weighted by Crippen LogP contribution is -2.19. The Morgan fingerprint density at radius 1 is 0.833 bits per heavy atom. The lowest BCUT2D eigenvalue weighted by molar-refractivity contribution is 0.500. The van der Waals surface area contributed by atoms with E-state index in [0.717, 1.165) is 6.07 Å². The van der Waals surface area contributed by atoms with Crippen molar-refractivity contribution in [3.05, 3.63) is 95.6 Å². The summed E-state index contributed by atoms with van der Waals surface area (Å²) in [4.78, 5) is 10.6. The van der Waals surface area contributed by atoms with Crippen LogP contribution in [0.1, 0.15) is 11.1 Å². The molecule has 3 rings (SSSR count). The molecule has 0 heterocycles. The Balaban J connectivity index is 2.04. The van der Waals surface area contributed by atoms with Crippen LogP contribution in [0.4, 0.5) is 8.78 Å². The molecule has 1 atom stereocenters. The van der Waals surface area contributed by atoms with Crippen molar-refractivity contribution in [2.45, 2.75) is 6.42 Å². The second-order valence-electron chi connectivity index (χ2n) is 5.45. The predicted molar refractivity (Wildman–Crippen MR) is 91.1 cm³/mol. The van der Waals surface area contributed by atoms with Crippen molar-refractivity contribution in [3.8, 4) is 0 Å². The Morgan fingerprint density at radius 2 is 1.50 bits per heavy atom. The van der Waals surface area contributed by atoms with Crippen molar-refractivity contribution in [1.82, 2.24) is 0 Å². The van der Waals surface area contributed by atoms with E-state index in [0.29, 0.717) is 10.9 Å². The molecule has 5 heteroatoms. The molecule has 0 saturated heterocycles. The van der Waals surface area contributed by atoms with Gasteiger partial charge in [0, 0.05) is 23.1 Å². The monoisotopic (exact) mass is 344 g/mol. The van der Waals surface area contributed by atoms with Gasteiger partial charge in [0.2, 0.25) is 0 Å². The number of rotatable bonds is 4. The molecule has 122 valence electrons. The molecule has 0 saturated carbocycles. The van der Waals surface area contributed by atoms with Crippen molar-refractivity contribution in [2.75, 3.05) is 0 Å². The minimum atomic E-state index is -3.79. The van der Waals surface area contributed by atoms with Gasteiger partial charge < -0.3 is 4.89 Å². The van der Waals surface area contributed by atoms with Crippen LogP contribution >= 0.6 is 7.37 Å². The molecule has 0 aliphatic rings. The summed E-state index contributed by atoms with van der Waals surface area (Å²) in [7, 11) is -3.79. The van der Waals surface area contributed by atoms with Gasteiger partial charge in [0.15, 0.2) is 0 Å². The van der Waals surface area contributed by atoms with E-state index in [1.807, 2.05) is 0 Å². The van der Waals surface area contributed by atoms with Crippen LogP contribution in [0.25, 0.3) is 0 Å². The predicted octanol–water partition coefficient (Wildman–Crippen LogP) is 3.78. The lowest BCUT2D eigenvalue weighted by atomic mass is 10.0. The molecule has 0 amide bonds. The maximum absolute atomic E-state index is 13.9. The number of hydrogen-bond donors (Lipinski definition) is 1. The van der Waals surface area contributed by atoms with Gasteiger partial charge in [-0.2, -0.15) is 0 Å². The summed E-state index contributed by atoms with van der Waals surface area (Å²) in [6, 6.07) is 18.3. The first kappa shape index (κ1) is 16.6. The average molecular weight is 344 g/mol.